The third kappa shape index (κ3) is 2.82. The highest BCUT2D eigenvalue weighted by atomic mass is 19.1. The molecule has 68 valence electrons. The Hall–Kier alpha value is -1.44. The van der Waals surface area contributed by atoms with E-state index < -0.39 is 0 Å². The van der Waals surface area contributed by atoms with Gasteiger partial charge in [-0.1, -0.05) is 18.7 Å². The van der Waals surface area contributed by atoms with E-state index in [1.54, 1.807) is 12.1 Å². The number of rotatable bonds is 2. The van der Waals surface area contributed by atoms with Gasteiger partial charge in [0.2, 0.25) is 0 Å². The Bertz CT molecular complexity index is 349. The van der Waals surface area contributed by atoms with Gasteiger partial charge in [0, 0.05) is 11.3 Å². The van der Waals surface area contributed by atoms with Crippen molar-refractivity contribution in [3.8, 4) is 0 Å². The lowest BCUT2D eigenvalue weighted by Crippen LogP contribution is -1.85. The van der Waals surface area contributed by atoms with E-state index in [2.05, 4.69) is 11.6 Å². The number of hydrogen-bond acceptors (Lipinski definition) is 1. The molecule has 1 rings (SSSR count). The molecule has 2 heteroatoms. The monoisotopic (exact) mass is 177 g/mol. The predicted molar refractivity (Wildman–Crippen MR) is 54.2 cm³/mol. The fraction of sp³-hybridized carbons (Fsp3) is 0.182. The minimum Gasteiger partial charge on any atom is -0.258 e. The van der Waals surface area contributed by atoms with Crippen molar-refractivity contribution in [1.29, 1.82) is 0 Å². The van der Waals surface area contributed by atoms with E-state index in [0.717, 1.165) is 11.3 Å². The van der Waals surface area contributed by atoms with Gasteiger partial charge in [0.05, 0.1) is 5.70 Å². The fourth-order valence-corrected chi connectivity index (χ4v) is 1.00. The lowest BCUT2D eigenvalue weighted by atomic mass is 10.2. The number of benzene rings is 1. The summed E-state index contributed by atoms with van der Waals surface area (Å²) < 4.78 is 12.8. The first-order valence-corrected chi connectivity index (χ1v) is 4.06. The van der Waals surface area contributed by atoms with Crippen LogP contribution in [0.2, 0.25) is 0 Å². The molecule has 0 saturated heterocycles. The summed E-state index contributed by atoms with van der Waals surface area (Å²) in [6.07, 6.45) is 0. The van der Waals surface area contributed by atoms with Crippen LogP contribution in [0.4, 0.5) is 4.39 Å². The zero-order valence-corrected chi connectivity index (χ0v) is 7.84. The van der Waals surface area contributed by atoms with Crippen LogP contribution in [-0.2, 0) is 0 Å². The lowest BCUT2D eigenvalue weighted by Gasteiger charge is -2.00. The molecule has 0 saturated carbocycles. The number of halogens is 1. The Labute approximate surface area is 77.6 Å². The van der Waals surface area contributed by atoms with Crippen LogP contribution in [0.25, 0.3) is 5.70 Å². The summed E-state index contributed by atoms with van der Waals surface area (Å²) in [6.45, 7) is 7.51. The second-order valence-corrected chi connectivity index (χ2v) is 3.02. The molecule has 0 amide bonds. The van der Waals surface area contributed by atoms with Crippen LogP contribution in [-0.4, -0.2) is 5.71 Å². The van der Waals surface area contributed by atoms with Gasteiger partial charge in [-0.3, -0.25) is 4.99 Å². The van der Waals surface area contributed by atoms with Gasteiger partial charge in [0.25, 0.3) is 0 Å². The zero-order valence-electron chi connectivity index (χ0n) is 7.84. The number of hydrogen-bond donors (Lipinski definition) is 0. The van der Waals surface area contributed by atoms with E-state index in [0.29, 0.717) is 5.70 Å². The molecule has 13 heavy (non-hydrogen) atoms. The van der Waals surface area contributed by atoms with Crippen LogP contribution in [0.1, 0.15) is 19.4 Å². The number of nitrogens with zero attached hydrogens (tertiary/aromatic N) is 1. The zero-order chi connectivity index (χ0) is 9.84. The van der Waals surface area contributed by atoms with Gasteiger partial charge < -0.3 is 0 Å². The van der Waals surface area contributed by atoms with Crippen LogP contribution in [0.5, 0.6) is 0 Å². The molecule has 0 aliphatic carbocycles. The second-order valence-electron chi connectivity index (χ2n) is 3.02. The highest BCUT2D eigenvalue weighted by Crippen LogP contribution is 2.14. The molecule has 0 fully saturated rings. The first-order valence-electron chi connectivity index (χ1n) is 4.06. The van der Waals surface area contributed by atoms with E-state index in [9.17, 15) is 4.39 Å². The van der Waals surface area contributed by atoms with Crippen molar-refractivity contribution >= 4 is 11.4 Å². The summed E-state index contributed by atoms with van der Waals surface area (Å²) >= 11 is 0. The maximum absolute atomic E-state index is 12.8. The normalized spacial score (nSPS) is 9.46. The van der Waals surface area contributed by atoms with Crippen LogP contribution < -0.4 is 0 Å². The van der Waals surface area contributed by atoms with Gasteiger partial charge in [0.1, 0.15) is 5.82 Å². The smallest absolute Gasteiger partial charge is 0.123 e. The molecule has 0 aliphatic rings. The third-order valence-electron chi connectivity index (χ3n) is 1.52. The lowest BCUT2D eigenvalue weighted by molar-refractivity contribution is 0.627. The molecular formula is C11H12FN. The Morgan fingerprint density at radius 3 is 2.62 bits per heavy atom. The maximum atomic E-state index is 12.8. The molecule has 0 N–H and O–H groups in total. The fourth-order valence-electron chi connectivity index (χ4n) is 1.00. The minimum absolute atomic E-state index is 0.261. The Morgan fingerprint density at radius 1 is 1.38 bits per heavy atom. The maximum Gasteiger partial charge on any atom is 0.123 e. The van der Waals surface area contributed by atoms with Crippen molar-refractivity contribution < 1.29 is 4.39 Å². The summed E-state index contributed by atoms with van der Waals surface area (Å²) in [5.41, 5.74) is 2.23. The van der Waals surface area contributed by atoms with Crippen LogP contribution in [0.3, 0.4) is 0 Å². The van der Waals surface area contributed by atoms with Crippen LogP contribution in [0.15, 0.2) is 35.8 Å². The molecular weight excluding hydrogens is 165 g/mol. The molecule has 0 unspecified atom stereocenters. The number of aliphatic imine (C=N–C) groups is 1. The molecule has 0 aliphatic heterocycles. The van der Waals surface area contributed by atoms with E-state index in [1.165, 1.54) is 12.1 Å². The average molecular weight is 177 g/mol. The molecule has 0 bridgehead atoms. The topological polar surface area (TPSA) is 12.4 Å². The first-order chi connectivity index (χ1) is 6.09. The molecule has 1 aromatic carbocycles. The van der Waals surface area contributed by atoms with Crippen molar-refractivity contribution in [2.75, 3.05) is 0 Å². The van der Waals surface area contributed by atoms with Crippen molar-refractivity contribution in [3.05, 3.63) is 42.2 Å². The molecule has 0 heterocycles. The minimum atomic E-state index is -0.261. The van der Waals surface area contributed by atoms with E-state index in [-0.39, 0.29) is 5.82 Å². The third-order valence-corrected chi connectivity index (χ3v) is 1.52. The van der Waals surface area contributed by atoms with Gasteiger partial charge >= 0.3 is 0 Å². The second kappa shape index (κ2) is 3.99. The molecule has 0 aromatic heterocycles. The summed E-state index contributed by atoms with van der Waals surface area (Å²) in [4.78, 5) is 4.14. The van der Waals surface area contributed by atoms with Crippen LogP contribution in [0, 0.1) is 5.82 Å². The summed E-state index contributed by atoms with van der Waals surface area (Å²) in [5, 5.41) is 0. The van der Waals surface area contributed by atoms with Gasteiger partial charge in [0.15, 0.2) is 0 Å². The highest BCUT2D eigenvalue weighted by molar-refractivity contribution is 5.85. The quantitative estimate of drug-likeness (QED) is 0.615. The standard InChI is InChI=1S/C11H12FN/c1-8(2)13-9(3)10-5-4-6-11(12)7-10/h4-7H,3H2,1-2H3. The van der Waals surface area contributed by atoms with E-state index in [1.807, 2.05) is 13.8 Å². The molecule has 1 nitrogen and oxygen atoms in total. The largest absolute Gasteiger partial charge is 0.258 e. The Kier molecular flexibility index (Phi) is 2.96. The average Bonchev–Trinajstić information content (AvgIpc) is 2.03. The van der Waals surface area contributed by atoms with Gasteiger partial charge in [-0.25, -0.2) is 4.39 Å². The van der Waals surface area contributed by atoms with Crippen molar-refractivity contribution in [3.63, 3.8) is 0 Å². The summed E-state index contributed by atoms with van der Waals surface area (Å²) in [7, 11) is 0. The van der Waals surface area contributed by atoms with Gasteiger partial charge in [-0.2, -0.15) is 0 Å². The summed E-state index contributed by atoms with van der Waals surface area (Å²) in [6, 6.07) is 6.27. The Balaban J connectivity index is 2.96. The molecule has 0 spiro atoms. The molecule has 0 radical (unpaired) electrons. The predicted octanol–water partition coefficient (Wildman–Crippen LogP) is 3.28. The van der Waals surface area contributed by atoms with Crippen molar-refractivity contribution in [2.45, 2.75) is 13.8 Å². The Morgan fingerprint density at radius 2 is 2.08 bits per heavy atom. The van der Waals surface area contributed by atoms with Crippen molar-refractivity contribution in [1.82, 2.24) is 0 Å². The first kappa shape index (κ1) is 9.65. The van der Waals surface area contributed by atoms with E-state index in [4.69, 9.17) is 0 Å². The summed E-state index contributed by atoms with van der Waals surface area (Å²) in [5.74, 6) is -0.261. The van der Waals surface area contributed by atoms with Gasteiger partial charge in [-0.05, 0) is 26.0 Å². The molecule has 1 aromatic rings. The van der Waals surface area contributed by atoms with Crippen molar-refractivity contribution in [2.24, 2.45) is 4.99 Å². The van der Waals surface area contributed by atoms with Gasteiger partial charge in [-0.15, -0.1) is 0 Å². The molecule has 0 atom stereocenters. The highest BCUT2D eigenvalue weighted by Gasteiger charge is 1.97. The van der Waals surface area contributed by atoms with E-state index >= 15 is 0 Å². The SMILES string of the molecule is C=C(N=C(C)C)c1cccc(F)c1. The van der Waals surface area contributed by atoms with Crippen LogP contribution >= 0.6 is 0 Å².